The molecule has 1 saturated heterocycles. The van der Waals surface area contributed by atoms with Crippen molar-refractivity contribution in [3.05, 3.63) is 63.1 Å². The lowest BCUT2D eigenvalue weighted by Gasteiger charge is -2.38. The van der Waals surface area contributed by atoms with Gasteiger partial charge in [-0.1, -0.05) is 48.7 Å². The molecule has 2 aromatic rings. The van der Waals surface area contributed by atoms with Crippen molar-refractivity contribution in [3.8, 4) is 0 Å². The molecule has 1 aliphatic heterocycles. The molecule has 1 aliphatic rings. The summed E-state index contributed by atoms with van der Waals surface area (Å²) >= 11 is 18.0. The Morgan fingerprint density at radius 2 is 1.53 bits per heavy atom. The largest absolute Gasteiger partial charge is 0.368 e. The van der Waals surface area contributed by atoms with Crippen LogP contribution in [-0.2, 0) is 4.79 Å². The van der Waals surface area contributed by atoms with Crippen LogP contribution in [0.4, 0.5) is 5.69 Å². The molecule has 0 aliphatic carbocycles. The van der Waals surface area contributed by atoms with Gasteiger partial charge in [-0.15, -0.1) is 0 Å². The molecule has 2 aromatic carbocycles. The molecule has 2 amide bonds. The second-order valence-corrected chi connectivity index (χ2v) is 8.86. The van der Waals surface area contributed by atoms with Crippen LogP contribution in [0.3, 0.4) is 0 Å². The predicted molar refractivity (Wildman–Crippen MR) is 123 cm³/mol. The molecule has 5 nitrogen and oxygen atoms in total. The summed E-state index contributed by atoms with van der Waals surface area (Å²) in [5, 5.41) is 4.48. The highest BCUT2D eigenvalue weighted by Gasteiger charge is 2.31. The van der Waals surface area contributed by atoms with Crippen LogP contribution >= 0.6 is 34.8 Å². The number of halogens is 3. The van der Waals surface area contributed by atoms with Gasteiger partial charge in [0.25, 0.3) is 5.91 Å². The number of piperazine rings is 1. The summed E-state index contributed by atoms with van der Waals surface area (Å²) in [7, 11) is 0. The summed E-state index contributed by atoms with van der Waals surface area (Å²) in [6.45, 7) is 6.35. The van der Waals surface area contributed by atoms with E-state index in [4.69, 9.17) is 34.8 Å². The van der Waals surface area contributed by atoms with E-state index in [1.165, 1.54) is 0 Å². The second kappa shape index (κ2) is 9.90. The van der Waals surface area contributed by atoms with Gasteiger partial charge in [0.2, 0.25) is 5.91 Å². The molecule has 0 bridgehead atoms. The highest BCUT2D eigenvalue weighted by atomic mass is 35.5. The maximum Gasteiger partial charge on any atom is 0.251 e. The Morgan fingerprint density at radius 1 is 0.900 bits per heavy atom. The number of anilines is 1. The molecular weight excluding hydrogens is 445 g/mol. The van der Waals surface area contributed by atoms with Crippen molar-refractivity contribution >= 4 is 52.3 Å². The van der Waals surface area contributed by atoms with Gasteiger partial charge in [0.15, 0.2) is 0 Å². The quantitative estimate of drug-likeness (QED) is 0.689. The minimum atomic E-state index is -0.593. The molecule has 0 radical (unpaired) electrons. The monoisotopic (exact) mass is 467 g/mol. The zero-order valence-corrected chi connectivity index (χ0v) is 19.1. The van der Waals surface area contributed by atoms with Crippen molar-refractivity contribution in [1.82, 2.24) is 10.2 Å². The van der Waals surface area contributed by atoms with Crippen LogP contribution < -0.4 is 10.2 Å². The van der Waals surface area contributed by atoms with Crippen molar-refractivity contribution in [2.24, 2.45) is 5.92 Å². The lowest BCUT2D eigenvalue weighted by molar-refractivity contribution is -0.134. The number of hydrogen-bond donors (Lipinski definition) is 1. The summed E-state index contributed by atoms with van der Waals surface area (Å²) in [6, 6.07) is 11.6. The highest BCUT2D eigenvalue weighted by Crippen LogP contribution is 2.28. The fourth-order valence-corrected chi connectivity index (χ4v) is 3.82. The van der Waals surface area contributed by atoms with Gasteiger partial charge in [0, 0.05) is 42.5 Å². The van der Waals surface area contributed by atoms with Crippen LogP contribution in [0.1, 0.15) is 24.2 Å². The smallest absolute Gasteiger partial charge is 0.251 e. The minimum Gasteiger partial charge on any atom is -0.368 e. The molecule has 1 N–H and O–H groups in total. The Bertz CT molecular complexity index is 910. The number of nitrogens with zero attached hydrogens (tertiary/aromatic N) is 2. The maximum atomic E-state index is 13.1. The number of carbonyl (C=O) groups is 2. The van der Waals surface area contributed by atoms with E-state index in [-0.39, 0.29) is 17.7 Å². The second-order valence-electron chi connectivity index (χ2n) is 7.61. The molecule has 0 saturated carbocycles. The summed E-state index contributed by atoms with van der Waals surface area (Å²) in [4.78, 5) is 29.7. The molecule has 8 heteroatoms. The number of nitrogens with one attached hydrogen (secondary N) is 1. The van der Waals surface area contributed by atoms with E-state index in [1.54, 1.807) is 35.2 Å². The molecule has 1 fully saturated rings. The van der Waals surface area contributed by atoms with E-state index in [9.17, 15) is 9.59 Å². The fraction of sp³-hybridized carbons (Fsp3) is 0.364. The zero-order valence-electron chi connectivity index (χ0n) is 16.9. The molecule has 0 spiro atoms. The van der Waals surface area contributed by atoms with E-state index < -0.39 is 6.04 Å². The number of rotatable bonds is 5. The van der Waals surface area contributed by atoms with E-state index in [0.717, 1.165) is 5.69 Å². The van der Waals surface area contributed by atoms with E-state index >= 15 is 0 Å². The van der Waals surface area contributed by atoms with Crippen molar-refractivity contribution in [1.29, 1.82) is 0 Å². The normalized spacial score (nSPS) is 15.3. The zero-order chi connectivity index (χ0) is 21.8. The van der Waals surface area contributed by atoms with Crippen LogP contribution in [0.25, 0.3) is 0 Å². The van der Waals surface area contributed by atoms with Crippen molar-refractivity contribution in [2.45, 2.75) is 19.9 Å². The number of benzene rings is 2. The third-order valence-corrected chi connectivity index (χ3v) is 6.18. The first-order valence-electron chi connectivity index (χ1n) is 9.81. The predicted octanol–water partition coefficient (Wildman–Crippen LogP) is 4.75. The van der Waals surface area contributed by atoms with Gasteiger partial charge in [-0.05, 0) is 48.4 Å². The van der Waals surface area contributed by atoms with Gasteiger partial charge < -0.3 is 15.1 Å². The summed E-state index contributed by atoms with van der Waals surface area (Å²) in [5.74, 6) is -0.392. The Labute approximate surface area is 191 Å². The van der Waals surface area contributed by atoms with Crippen LogP contribution in [0.5, 0.6) is 0 Å². The van der Waals surface area contributed by atoms with E-state index in [2.05, 4.69) is 10.2 Å². The third kappa shape index (κ3) is 5.39. The number of hydrogen-bond acceptors (Lipinski definition) is 3. The molecule has 1 heterocycles. The molecular formula is C22H24Cl3N3O2. The van der Waals surface area contributed by atoms with E-state index in [1.807, 2.05) is 26.0 Å². The Balaban J connectivity index is 1.63. The topological polar surface area (TPSA) is 52.7 Å². The van der Waals surface area contributed by atoms with Crippen LogP contribution in [0, 0.1) is 5.92 Å². The molecule has 160 valence electrons. The Kier molecular flexibility index (Phi) is 7.50. The van der Waals surface area contributed by atoms with Gasteiger partial charge in [-0.3, -0.25) is 9.59 Å². The van der Waals surface area contributed by atoms with Crippen LogP contribution in [-0.4, -0.2) is 48.9 Å². The van der Waals surface area contributed by atoms with Crippen molar-refractivity contribution in [2.75, 3.05) is 31.1 Å². The van der Waals surface area contributed by atoms with Gasteiger partial charge in [0.1, 0.15) is 6.04 Å². The Morgan fingerprint density at radius 3 is 2.10 bits per heavy atom. The van der Waals surface area contributed by atoms with Crippen LogP contribution in [0.15, 0.2) is 42.5 Å². The van der Waals surface area contributed by atoms with Gasteiger partial charge in [-0.2, -0.15) is 0 Å². The molecule has 0 aromatic heterocycles. The highest BCUT2D eigenvalue weighted by molar-refractivity contribution is 6.42. The van der Waals surface area contributed by atoms with Crippen molar-refractivity contribution in [3.63, 3.8) is 0 Å². The first kappa shape index (κ1) is 22.7. The summed E-state index contributed by atoms with van der Waals surface area (Å²) in [5.41, 5.74) is 1.45. The van der Waals surface area contributed by atoms with Gasteiger partial charge in [0.05, 0.1) is 10.0 Å². The number of amides is 2. The average molecular weight is 469 g/mol. The SMILES string of the molecule is CC(C)[C@@H](NC(=O)c1ccc(Cl)cc1)C(=O)N1CCN(c2ccc(Cl)c(Cl)c2)CC1. The van der Waals surface area contributed by atoms with Crippen molar-refractivity contribution < 1.29 is 9.59 Å². The molecule has 1 atom stereocenters. The lowest BCUT2D eigenvalue weighted by Crippen LogP contribution is -2.56. The lowest BCUT2D eigenvalue weighted by atomic mass is 10.0. The fourth-order valence-electron chi connectivity index (χ4n) is 3.40. The molecule has 30 heavy (non-hydrogen) atoms. The number of carbonyl (C=O) groups excluding carboxylic acids is 2. The average Bonchev–Trinajstić information content (AvgIpc) is 2.73. The first-order chi connectivity index (χ1) is 14.3. The molecule has 3 rings (SSSR count). The van der Waals surface area contributed by atoms with E-state index in [0.29, 0.717) is 46.8 Å². The third-order valence-electron chi connectivity index (χ3n) is 5.19. The molecule has 0 unspecified atom stereocenters. The first-order valence-corrected chi connectivity index (χ1v) is 10.9. The van der Waals surface area contributed by atoms with Gasteiger partial charge in [-0.25, -0.2) is 0 Å². The summed E-state index contributed by atoms with van der Waals surface area (Å²) < 4.78 is 0. The van der Waals surface area contributed by atoms with Crippen LogP contribution in [0.2, 0.25) is 15.1 Å². The van der Waals surface area contributed by atoms with Gasteiger partial charge >= 0.3 is 0 Å². The standard InChI is InChI=1S/C22H24Cl3N3O2/c1-14(2)20(26-21(29)15-3-5-16(23)6-4-15)22(30)28-11-9-27(10-12-28)17-7-8-18(24)19(25)13-17/h3-8,13-14,20H,9-12H2,1-2H3,(H,26,29)/t20-/m1/s1. The summed E-state index contributed by atoms with van der Waals surface area (Å²) in [6.07, 6.45) is 0. The minimum absolute atomic E-state index is 0.0400. The maximum absolute atomic E-state index is 13.1. The Hall–Kier alpha value is -1.95.